The van der Waals surface area contributed by atoms with E-state index in [0.717, 1.165) is 0 Å². The molecule has 0 aliphatic carbocycles. The molecule has 1 spiro atoms. The molecule has 414 valence electrons. The summed E-state index contributed by atoms with van der Waals surface area (Å²) in [5.41, 5.74) is -7.78. The van der Waals surface area contributed by atoms with E-state index in [4.69, 9.17) is 19.7 Å². The van der Waals surface area contributed by atoms with Crippen LogP contribution in [0.1, 0.15) is 229 Å². The first-order valence-corrected chi connectivity index (χ1v) is 27.2. The van der Waals surface area contributed by atoms with Crippen molar-refractivity contribution < 1.29 is 36.0 Å². The zero-order chi connectivity index (χ0) is 54.6. The van der Waals surface area contributed by atoms with Gasteiger partial charge >= 0.3 is 6.01 Å². The van der Waals surface area contributed by atoms with Crippen molar-refractivity contribution in [3.63, 3.8) is 0 Å². The van der Waals surface area contributed by atoms with E-state index >= 15 is 0 Å². The summed E-state index contributed by atoms with van der Waals surface area (Å²) in [6.45, 7) is 45.5. The summed E-state index contributed by atoms with van der Waals surface area (Å²) in [5.74, 6) is 0.929. The molecule has 1 aromatic heterocycles. The van der Waals surface area contributed by atoms with Crippen molar-refractivity contribution in [2.24, 2.45) is 0 Å². The zero-order valence-electron chi connectivity index (χ0n) is 48.9. The van der Waals surface area contributed by atoms with Gasteiger partial charge in [0, 0.05) is 97.9 Å². The van der Waals surface area contributed by atoms with Crippen LogP contribution in [0.3, 0.4) is 0 Å². The third kappa shape index (κ3) is 10.3. The number of hydrogen-bond donors (Lipinski definition) is 6. The lowest BCUT2D eigenvalue weighted by atomic mass is 9.64. The normalized spacial score (nSPS) is 31.9. The summed E-state index contributed by atoms with van der Waals surface area (Å²) in [6.07, 6.45) is 6.26. The van der Waals surface area contributed by atoms with Gasteiger partial charge in [-0.25, -0.2) is 0 Å². The molecule has 1 atom stereocenters. The van der Waals surface area contributed by atoms with E-state index < -0.39 is 72.6 Å². The Hall–Kier alpha value is -2.07. The van der Waals surface area contributed by atoms with Gasteiger partial charge in [0.1, 0.15) is 6.10 Å². The Morgan fingerprint density at radius 2 is 0.569 bits per heavy atom. The fourth-order valence-electron chi connectivity index (χ4n) is 16.6. The Balaban J connectivity index is 1.48. The first-order chi connectivity index (χ1) is 32.2. The predicted molar refractivity (Wildman–Crippen MR) is 279 cm³/mol. The van der Waals surface area contributed by atoms with Crippen molar-refractivity contribution in [3.05, 3.63) is 0 Å². The van der Waals surface area contributed by atoms with Crippen molar-refractivity contribution in [2.45, 2.75) is 326 Å². The molecular formula is C54H101N11O7. The lowest BCUT2D eigenvalue weighted by molar-refractivity contribution is -0.329. The molecule has 7 heterocycles. The molecule has 6 saturated heterocycles. The zero-order valence-corrected chi connectivity index (χ0v) is 48.9. The van der Waals surface area contributed by atoms with Gasteiger partial charge in [-0.3, -0.25) is 0 Å². The number of nitrogens with zero attached hydrogens (tertiary/aromatic N) is 11. The first kappa shape index (κ1) is 57.6. The Morgan fingerprint density at radius 1 is 0.333 bits per heavy atom. The lowest BCUT2D eigenvalue weighted by Crippen LogP contribution is -2.73. The molecule has 1 unspecified atom stereocenters. The molecule has 7 rings (SSSR count). The van der Waals surface area contributed by atoms with Crippen molar-refractivity contribution in [1.29, 1.82) is 0 Å². The summed E-state index contributed by atoms with van der Waals surface area (Å²) in [7, 11) is 0. The van der Waals surface area contributed by atoms with E-state index in [0.29, 0.717) is 88.9 Å². The summed E-state index contributed by atoms with van der Waals surface area (Å²) < 4.78 is 7.33. The van der Waals surface area contributed by atoms with Gasteiger partial charge in [0.2, 0.25) is 11.9 Å². The van der Waals surface area contributed by atoms with Crippen molar-refractivity contribution in [2.75, 3.05) is 9.80 Å². The van der Waals surface area contributed by atoms with Gasteiger partial charge in [0.25, 0.3) is 0 Å². The second-order valence-electron chi connectivity index (χ2n) is 30.8. The molecule has 0 amide bonds. The minimum absolute atomic E-state index is 0.157. The molecule has 0 bridgehead atoms. The number of piperidine rings is 6. The standard InChI is InChI=1S/C54H101N11O7/c1-43(2)23-35(24-44(3,4)60(43)66)58(36-25-45(5,6)61(67)46(7,8)26-36)40-55-41(59(37-27-47(9,10)62(68)48(11,12)28-37)38-29-49(13,14)63(69)50(15,16)30-38)57-42(56-40)72-39-31-51(17,18)65(71)54(32-39)33-52(19,20)64(70)53(21,22)34-54/h35-39,66-71H,23-34H2,1-22H3. The average molecular weight is 1020 g/mol. The van der Waals surface area contributed by atoms with E-state index in [9.17, 15) is 31.2 Å². The van der Waals surface area contributed by atoms with Crippen LogP contribution in [0.4, 0.5) is 11.9 Å². The quantitative estimate of drug-likeness (QED) is 0.144. The molecule has 6 fully saturated rings. The van der Waals surface area contributed by atoms with Crippen LogP contribution in [0.5, 0.6) is 6.01 Å². The third-order valence-electron chi connectivity index (χ3n) is 18.4. The number of aromatic nitrogens is 3. The molecule has 6 aliphatic heterocycles. The van der Waals surface area contributed by atoms with E-state index in [2.05, 4.69) is 121 Å². The molecular weight excluding hydrogens is 915 g/mol. The molecule has 6 aliphatic rings. The highest BCUT2D eigenvalue weighted by Crippen LogP contribution is 2.53. The van der Waals surface area contributed by atoms with Crippen LogP contribution in [-0.2, 0) is 0 Å². The van der Waals surface area contributed by atoms with E-state index in [1.807, 2.05) is 41.5 Å². The maximum absolute atomic E-state index is 12.3. The van der Waals surface area contributed by atoms with Gasteiger partial charge in [0.05, 0.1) is 5.54 Å². The number of hydroxylamine groups is 12. The lowest BCUT2D eigenvalue weighted by Gasteiger charge is -2.63. The van der Waals surface area contributed by atoms with E-state index in [1.165, 1.54) is 25.3 Å². The van der Waals surface area contributed by atoms with Crippen LogP contribution >= 0.6 is 0 Å². The van der Waals surface area contributed by atoms with Crippen LogP contribution in [0.2, 0.25) is 0 Å². The Morgan fingerprint density at radius 3 is 0.833 bits per heavy atom. The van der Waals surface area contributed by atoms with E-state index in [1.54, 1.807) is 5.06 Å². The second-order valence-corrected chi connectivity index (χ2v) is 30.8. The molecule has 18 heteroatoms. The SMILES string of the molecule is CC1(C)CC(N(c2nc(OC3CC(C)(C)N(O)C4(C3)CC(C)(C)N(O)C(C)(C)C4)nc(N(C3CC(C)(C)N(O)C(C)(C)C3)C3CC(C)(C)N(O)C(C)(C)C3)n2)C2CC(C)(C)N(O)C(C)(C)C2)CC(C)(C)N1O. The topological polar surface area (TPSA) is 195 Å². The predicted octanol–water partition coefficient (Wildman–Crippen LogP) is 9.92. The monoisotopic (exact) mass is 1020 g/mol. The molecule has 72 heavy (non-hydrogen) atoms. The molecule has 1 aromatic rings. The molecule has 0 radical (unpaired) electrons. The van der Waals surface area contributed by atoms with Gasteiger partial charge in [-0.2, -0.15) is 45.3 Å². The highest BCUT2D eigenvalue weighted by Gasteiger charge is 2.61. The van der Waals surface area contributed by atoms with Crippen molar-refractivity contribution >= 4 is 11.9 Å². The fraction of sp³-hybridized carbons (Fsp3) is 0.944. The van der Waals surface area contributed by atoms with Crippen LogP contribution in [-0.4, -0.2) is 173 Å². The highest BCUT2D eigenvalue weighted by atomic mass is 16.5. The largest absolute Gasteiger partial charge is 0.460 e. The second kappa shape index (κ2) is 17.7. The molecule has 18 nitrogen and oxygen atoms in total. The molecule has 0 aromatic carbocycles. The Labute approximate surface area is 433 Å². The van der Waals surface area contributed by atoms with Gasteiger partial charge in [-0.1, -0.05) is 0 Å². The van der Waals surface area contributed by atoms with Gasteiger partial charge in [-0.05, 0) is 217 Å². The van der Waals surface area contributed by atoms with Crippen LogP contribution in [0.15, 0.2) is 0 Å². The number of rotatable bonds is 8. The molecule has 0 saturated carbocycles. The number of ether oxygens (including phenoxy) is 1. The summed E-state index contributed by atoms with van der Waals surface area (Å²) in [4.78, 5) is 21.4. The third-order valence-corrected chi connectivity index (χ3v) is 18.4. The Kier molecular flexibility index (Phi) is 14.2. The fourth-order valence-corrected chi connectivity index (χ4v) is 16.6. The summed E-state index contributed by atoms with van der Waals surface area (Å²) in [6, 6.07) is -0.448. The first-order valence-electron chi connectivity index (χ1n) is 27.2. The van der Waals surface area contributed by atoms with Crippen LogP contribution < -0.4 is 14.5 Å². The molecule has 6 N–H and O–H groups in total. The summed E-state index contributed by atoms with van der Waals surface area (Å²) in [5, 5.41) is 79.9. The van der Waals surface area contributed by atoms with Crippen molar-refractivity contribution in [1.82, 2.24) is 45.3 Å². The van der Waals surface area contributed by atoms with Gasteiger partial charge < -0.3 is 45.8 Å². The maximum Gasteiger partial charge on any atom is 0.323 e. The van der Waals surface area contributed by atoms with Gasteiger partial charge in [0.15, 0.2) is 0 Å². The Bertz CT molecular complexity index is 1880. The van der Waals surface area contributed by atoms with Gasteiger partial charge in [-0.15, -0.1) is 0 Å². The van der Waals surface area contributed by atoms with Crippen molar-refractivity contribution in [3.8, 4) is 6.01 Å². The van der Waals surface area contributed by atoms with E-state index in [-0.39, 0.29) is 30.2 Å². The average Bonchev–Trinajstić information content (AvgIpc) is 3.17. The minimum atomic E-state index is -0.759. The maximum atomic E-state index is 12.3. The van der Waals surface area contributed by atoms with Crippen LogP contribution in [0, 0.1) is 0 Å². The smallest absolute Gasteiger partial charge is 0.323 e. The number of hydrogen-bond acceptors (Lipinski definition) is 18. The minimum Gasteiger partial charge on any atom is -0.460 e. The number of anilines is 2. The summed E-state index contributed by atoms with van der Waals surface area (Å²) >= 11 is 0. The van der Waals surface area contributed by atoms with Crippen LogP contribution in [0.25, 0.3) is 0 Å². The highest BCUT2D eigenvalue weighted by molar-refractivity contribution is 5.46.